The number of hydrogen-bond donors (Lipinski definition) is 1. The molecule has 2 aromatic carbocycles. The number of thiophene rings is 1. The van der Waals surface area contributed by atoms with E-state index in [0.29, 0.717) is 23.8 Å². The molecule has 2 aromatic heterocycles. The van der Waals surface area contributed by atoms with Crippen LogP contribution in [-0.2, 0) is 17.8 Å². The highest BCUT2D eigenvalue weighted by molar-refractivity contribution is 7.99. The number of anilines is 1. The number of aromatic nitrogens is 3. The Morgan fingerprint density at radius 1 is 1.13 bits per heavy atom. The molecule has 0 bridgehead atoms. The predicted octanol–water partition coefficient (Wildman–Crippen LogP) is 5.51. The second-order valence-corrected chi connectivity index (χ2v) is 8.73. The summed E-state index contributed by atoms with van der Waals surface area (Å²) in [6.07, 6.45) is 0.323. The van der Waals surface area contributed by atoms with Gasteiger partial charge in [0.2, 0.25) is 11.2 Å². The number of amides is 1. The van der Waals surface area contributed by atoms with Gasteiger partial charge in [-0.2, -0.15) is 4.98 Å². The van der Waals surface area contributed by atoms with Crippen LogP contribution in [0.2, 0.25) is 5.28 Å². The van der Waals surface area contributed by atoms with Crippen molar-refractivity contribution in [1.82, 2.24) is 14.8 Å². The average Bonchev–Trinajstić information content (AvgIpc) is 3.34. The smallest absolute Gasteiger partial charge is 0.243 e. The van der Waals surface area contributed by atoms with Gasteiger partial charge in [-0.25, -0.2) is 9.07 Å². The molecule has 0 atom stereocenters. The molecule has 0 aliphatic rings. The lowest BCUT2D eigenvalue weighted by atomic mass is 10.2. The summed E-state index contributed by atoms with van der Waals surface area (Å²) >= 11 is 8.94. The van der Waals surface area contributed by atoms with E-state index >= 15 is 0 Å². The molecule has 2 heterocycles. The third kappa shape index (κ3) is 5.27. The summed E-state index contributed by atoms with van der Waals surface area (Å²) in [6, 6.07) is 17.5. The minimum absolute atomic E-state index is 0.0867. The van der Waals surface area contributed by atoms with Gasteiger partial charge in [-0.05, 0) is 64.6 Å². The molecule has 0 spiro atoms. The number of hydrogen-bond acceptors (Lipinski definition) is 5. The average molecular weight is 459 g/mol. The zero-order chi connectivity index (χ0) is 20.9. The lowest BCUT2D eigenvalue weighted by Crippen LogP contribution is -2.14. The molecule has 4 rings (SSSR count). The van der Waals surface area contributed by atoms with Crippen LogP contribution < -0.4 is 5.32 Å². The first-order chi connectivity index (χ1) is 14.6. The van der Waals surface area contributed by atoms with Crippen LogP contribution >= 0.6 is 34.7 Å². The van der Waals surface area contributed by atoms with E-state index in [0.717, 1.165) is 15.3 Å². The molecule has 0 aliphatic carbocycles. The molecular formula is C21H16ClFN4OS2. The summed E-state index contributed by atoms with van der Waals surface area (Å²) in [4.78, 5) is 18.5. The standard InChI is InChI=1S/C21H16ClFN4OS2/c22-20-25-21(27(26-20)13-14-7-9-15(23)10-8-14)30-18-6-2-1-5-17(18)24-19(28)12-16-4-3-11-29-16/h1-11H,12-13H2,(H,24,28). The van der Waals surface area contributed by atoms with Gasteiger partial charge in [-0.3, -0.25) is 4.79 Å². The second kappa shape index (κ2) is 9.42. The topological polar surface area (TPSA) is 59.8 Å². The highest BCUT2D eigenvalue weighted by Crippen LogP contribution is 2.33. The lowest BCUT2D eigenvalue weighted by Gasteiger charge is -2.11. The minimum atomic E-state index is -0.294. The van der Waals surface area contributed by atoms with Crippen LogP contribution in [0.5, 0.6) is 0 Å². The molecule has 0 unspecified atom stereocenters. The molecular weight excluding hydrogens is 443 g/mol. The van der Waals surface area contributed by atoms with Crippen LogP contribution in [0.15, 0.2) is 76.1 Å². The molecule has 152 valence electrons. The Hall–Kier alpha value is -2.68. The highest BCUT2D eigenvalue weighted by Gasteiger charge is 2.15. The zero-order valence-corrected chi connectivity index (χ0v) is 18.0. The molecule has 0 radical (unpaired) electrons. The van der Waals surface area contributed by atoms with Crippen molar-refractivity contribution in [3.05, 3.63) is 87.6 Å². The van der Waals surface area contributed by atoms with Gasteiger partial charge in [0.1, 0.15) is 5.82 Å². The Morgan fingerprint density at radius 2 is 1.93 bits per heavy atom. The van der Waals surface area contributed by atoms with Crippen molar-refractivity contribution in [2.45, 2.75) is 23.0 Å². The van der Waals surface area contributed by atoms with E-state index in [-0.39, 0.29) is 17.0 Å². The van der Waals surface area contributed by atoms with Gasteiger partial charge >= 0.3 is 0 Å². The Kier molecular flexibility index (Phi) is 6.47. The molecule has 5 nitrogen and oxygen atoms in total. The molecule has 0 fully saturated rings. The monoisotopic (exact) mass is 458 g/mol. The fourth-order valence-electron chi connectivity index (χ4n) is 2.77. The third-order valence-corrected chi connectivity index (χ3v) is 6.23. The molecule has 0 saturated heterocycles. The van der Waals surface area contributed by atoms with Gasteiger partial charge in [0.25, 0.3) is 0 Å². The van der Waals surface area contributed by atoms with Crippen LogP contribution in [0.3, 0.4) is 0 Å². The maximum atomic E-state index is 13.2. The minimum Gasteiger partial charge on any atom is -0.325 e. The maximum absolute atomic E-state index is 13.2. The summed E-state index contributed by atoms with van der Waals surface area (Å²) in [6.45, 7) is 0.398. The highest BCUT2D eigenvalue weighted by atomic mass is 35.5. The number of benzene rings is 2. The molecule has 30 heavy (non-hydrogen) atoms. The molecule has 9 heteroatoms. The third-order valence-electron chi connectivity index (χ3n) is 4.13. The van der Waals surface area contributed by atoms with E-state index in [1.807, 2.05) is 41.8 Å². The second-order valence-electron chi connectivity index (χ2n) is 6.35. The number of halogens is 2. The van der Waals surface area contributed by atoms with E-state index in [9.17, 15) is 9.18 Å². The van der Waals surface area contributed by atoms with E-state index in [2.05, 4.69) is 15.4 Å². The zero-order valence-electron chi connectivity index (χ0n) is 15.6. The summed E-state index contributed by atoms with van der Waals surface area (Å²) in [5.74, 6) is -0.381. The van der Waals surface area contributed by atoms with E-state index in [1.165, 1.54) is 23.9 Å². The quantitative estimate of drug-likeness (QED) is 0.396. The normalized spacial score (nSPS) is 10.9. The Balaban J connectivity index is 1.52. The predicted molar refractivity (Wildman–Crippen MR) is 118 cm³/mol. The first-order valence-corrected chi connectivity index (χ1v) is 11.1. The molecule has 1 N–H and O–H groups in total. The fraction of sp³-hybridized carbons (Fsp3) is 0.0952. The Labute approximate surface area is 185 Å². The van der Waals surface area contributed by atoms with Gasteiger partial charge in [-0.15, -0.1) is 16.4 Å². The summed E-state index contributed by atoms with van der Waals surface area (Å²) in [5.41, 5.74) is 1.56. The molecule has 0 saturated carbocycles. The Morgan fingerprint density at radius 3 is 2.70 bits per heavy atom. The van der Waals surface area contributed by atoms with Crippen molar-refractivity contribution < 1.29 is 9.18 Å². The van der Waals surface area contributed by atoms with E-state index < -0.39 is 0 Å². The van der Waals surface area contributed by atoms with E-state index in [1.54, 1.807) is 28.2 Å². The summed E-state index contributed by atoms with van der Waals surface area (Å²) in [7, 11) is 0. The van der Waals surface area contributed by atoms with Crippen molar-refractivity contribution >= 4 is 46.3 Å². The summed E-state index contributed by atoms with van der Waals surface area (Å²) < 4.78 is 14.8. The first-order valence-electron chi connectivity index (χ1n) is 9.01. The number of nitrogens with zero attached hydrogens (tertiary/aromatic N) is 3. The van der Waals surface area contributed by atoms with Crippen LogP contribution in [0.25, 0.3) is 0 Å². The van der Waals surface area contributed by atoms with Gasteiger partial charge < -0.3 is 5.32 Å². The maximum Gasteiger partial charge on any atom is 0.243 e. The molecule has 0 aliphatic heterocycles. The molecule has 4 aromatic rings. The van der Waals surface area contributed by atoms with Gasteiger partial charge in [-0.1, -0.05) is 30.3 Å². The Bertz CT molecular complexity index is 1150. The van der Waals surface area contributed by atoms with Crippen molar-refractivity contribution in [2.75, 3.05) is 5.32 Å². The largest absolute Gasteiger partial charge is 0.325 e. The number of para-hydroxylation sites is 1. The van der Waals surface area contributed by atoms with Crippen LogP contribution in [0, 0.1) is 5.82 Å². The van der Waals surface area contributed by atoms with Crippen LogP contribution in [0.1, 0.15) is 10.4 Å². The SMILES string of the molecule is O=C(Cc1cccs1)Nc1ccccc1Sc1nc(Cl)nn1Cc1ccc(F)cc1. The number of carbonyl (C=O) groups is 1. The van der Waals surface area contributed by atoms with Crippen molar-refractivity contribution in [1.29, 1.82) is 0 Å². The molecule has 1 amide bonds. The van der Waals surface area contributed by atoms with Crippen molar-refractivity contribution in [3.63, 3.8) is 0 Å². The van der Waals surface area contributed by atoms with Gasteiger partial charge in [0.15, 0.2) is 5.16 Å². The van der Waals surface area contributed by atoms with Crippen LogP contribution in [0.4, 0.5) is 10.1 Å². The van der Waals surface area contributed by atoms with Gasteiger partial charge in [0, 0.05) is 9.77 Å². The van der Waals surface area contributed by atoms with Crippen molar-refractivity contribution in [3.8, 4) is 0 Å². The van der Waals surface area contributed by atoms with Gasteiger partial charge in [0.05, 0.1) is 18.7 Å². The van der Waals surface area contributed by atoms with Crippen LogP contribution in [-0.4, -0.2) is 20.7 Å². The first kappa shape index (κ1) is 20.6. The lowest BCUT2D eigenvalue weighted by molar-refractivity contribution is -0.115. The van der Waals surface area contributed by atoms with Crippen molar-refractivity contribution in [2.24, 2.45) is 0 Å². The number of rotatable bonds is 7. The fourth-order valence-corrected chi connectivity index (χ4v) is 4.61. The summed E-state index contributed by atoms with van der Waals surface area (Å²) in [5, 5.41) is 9.85. The number of nitrogens with one attached hydrogen (secondary N) is 1. The number of carbonyl (C=O) groups excluding carboxylic acids is 1. The van der Waals surface area contributed by atoms with E-state index in [4.69, 9.17) is 11.6 Å².